The molecule has 100 valence electrons. The molecule has 1 aromatic carbocycles. The monoisotopic (exact) mass is 285 g/mol. The Balaban J connectivity index is 1.97. The summed E-state index contributed by atoms with van der Waals surface area (Å²) in [5.74, 6) is 1.08. The second kappa shape index (κ2) is 5.26. The van der Waals surface area contributed by atoms with Crippen LogP contribution in [-0.2, 0) is 0 Å². The number of benzene rings is 1. The third-order valence-corrected chi connectivity index (χ3v) is 2.95. The number of nitrogens with one attached hydrogen (secondary N) is 1. The van der Waals surface area contributed by atoms with Gasteiger partial charge in [-0.1, -0.05) is 6.07 Å². The molecule has 0 aliphatic carbocycles. The van der Waals surface area contributed by atoms with Gasteiger partial charge in [-0.05, 0) is 36.5 Å². The fourth-order valence-corrected chi connectivity index (χ4v) is 1.82. The topological polar surface area (TPSA) is 60.2 Å². The zero-order chi connectivity index (χ0) is 13.9. The Labute approximate surface area is 120 Å². The van der Waals surface area contributed by atoms with Crippen molar-refractivity contribution in [3.05, 3.63) is 42.6 Å². The van der Waals surface area contributed by atoms with Crippen molar-refractivity contribution in [1.29, 1.82) is 0 Å². The molecule has 0 saturated heterocycles. The highest BCUT2D eigenvalue weighted by molar-refractivity contribution is 7.80. The van der Waals surface area contributed by atoms with Gasteiger partial charge in [0.15, 0.2) is 5.58 Å². The number of hydrogen-bond acceptors (Lipinski definition) is 5. The average Bonchev–Trinajstić information content (AvgIpc) is 2.91. The van der Waals surface area contributed by atoms with Crippen LogP contribution in [-0.4, -0.2) is 22.2 Å². The van der Waals surface area contributed by atoms with E-state index in [1.165, 1.54) is 0 Å². The lowest BCUT2D eigenvalue weighted by Gasteiger charge is -2.04. The summed E-state index contributed by atoms with van der Waals surface area (Å²) in [6, 6.07) is 10.9. The number of hydrogen-bond donors (Lipinski definition) is 1. The molecule has 0 spiro atoms. The van der Waals surface area contributed by atoms with Crippen LogP contribution >= 0.6 is 12.2 Å². The molecule has 0 aliphatic heterocycles. The van der Waals surface area contributed by atoms with Crippen molar-refractivity contribution in [3.63, 3.8) is 0 Å². The van der Waals surface area contributed by atoms with E-state index in [0.29, 0.717) is 28.1 Å². The maximum atomic E-state index is 5.69. The van der Waals surface area contributed by atoms with Crippen molar-refractivity contribution in [2.45, 2.75) is 0 Å². The first-order chi connectivity index (χ1) is 9.76. The predicted octanol–water partition coefficient (Wildman–Crippen LogP) is 2.77. The minimum atomic E-state index is 0.300. The third kappa shape index (κ3) is 2.46. The number of fused-ring (bicyclic) bond motifs is 1. The van der Waals surface area contributed by atoms with Crippen LogP contribution in [0.15, 0.2) is 47.0 Å². The van der Waals surface area contributed by atoms with Crippen molar-refractivity contribution >= 4 is 28.5 Å². The van der Waals surface area contributed by atoms with Gasteiger partial charge in [-0.2, -0.15) is 0 Å². The smallest absolute Gasteiger partial charge is 0.261 e. The first-order valence-electron chi connectivity index (χ1n) is 5.98. The SMILES string of the molecule is CNC(=S)Oc1ccc2nc(-c3ccccn3)oc2c1. The molecule has 0 saturated carbocycles. The van der Waals surface area contributed by atoms with Gasteiger partial charge < -0.3 is 14.5 Å². The van der Waals surface area contributed by atoms with Gasteiger partial charge >= 0.3 is 0 Å². The first kappa shape index (κ1) is 12.6. The molecule has 0 amide bonds. The average molecular weight is 285 g/mol. The summed E-state index contributed by atoms with van der Waals surface area (Å²) in [6.45, 7) is 0. The van der Waals surface area contributed by atoms with E-state index in [4.69, 9.17) is 21.4 Å². The lowest BCUT2D eigenvalue weighted by molar-refractivity contribution is 0.539. The number of rotatable bonds is 2. The Hall–Kier alpha value is -2.47. The maximum Gasteiger partial charge on any atom is 0.261 e. The Morgan fingerprint density at radius 1 is 1.30 bits per heavy atom. The van der Waals surface area contributed by atoms with Crippen molar-refractivity contribution in [1.82, 2.24) is 15.3 Å². The predicted molar refractivity (Wildman–Crippen MR) is 79.5 cm³/mol. The Kier molecular flexibility index (Phi) is 3.30. The summed E-state index contributed by atoms with van der Waals surface area (Å²) in [7, 11) is 1.70. The van der Waals surface area contributed by atoms with Crippen LogP contribution < -0.4 is 10.1 Å². The lowest BCUT2D eigenvalue weighted by Crippen LogP contribution is -2.21. The van der Waals surface area contributed by atoms with E-state index in [1.807, 2.05) is 24.3 Å². The van der Waals surface area contributed by atoms with E-state index in [1.54, 1.807) is 25.4 Å². The van der Waals surface area contributed by atoms with Gasteiger partial charge in [-0.25, -0.2) is 4.98 Å². The molecule has 0 bridgehead atoms. The molecule has 5 nitrogen and oxygen atoms in total. The molecule has 2 aromatic heterocycles. The quantitative estimate of drug-likeness (QED) is 0.731. The first-order valence-corrected chi connectivity index (χ1v) is 6.38. The molecule has 6 heteroatoms. The van der Waals surface area contributed by atoms with Crippen molar-refractivity contribution in [3.8, 4) is 17.3 Å². The van der Waals surface area contributed by atoms with Gasteiger partial charge in [-0.15, -0.1) is 0 Å². The number of pyridine rings is 1. The maximum absolute atomic E-state index is 5.69. The summed E-state index contributed by atoms with van der Waals surface area (Å²) in [6.07, 6.45) is 1.70. The van der Waals surface area contributed by atoms with Crippen molar-refractivity contribution < 1.29 is 9.15 Å². The number of aromatic nitrogens is 2. The highest BCUT2D eigenvalue weighted by atomic mass is 32.1. The van der Waals surface area contributed by atoms with Gasteiger partial charge in [0.2, 0.25) is 5.89 Å². The molecule has 0 fully saturated rings. The van der Waals surface area contributed by atoms with Crippen LogP contribution in [0.1, 0.15) is 0 Å². The van der Waals surface area contributed by atoms with Crippen LogP contribution in [0.4, 0.5) is 0 Å². The normalized spacial score (nSPS) is 10.4. The summed E-state index contributed by atoms with van der Waals surface area (Å²) in [4.78, 5) is 8.60. The summed E-state index contributed by atoms with van der Waals surface area (Å²) in [5.41, 5.74) is 2.06. The van der Waals surface area contributed by atoms with Crippen LogP contribution in [0, 0.1) is 0 Å². The molecule has 0 unspecified atom stereocenters. The highest BCUT2D eigenvalue weighted by Crippen LogP contribution is 2.25. The van der Waals surface area contributed by atoms with Crippen LogP contribution in [0.2, 0.25) is 0 Å². The number of thiocarbonyl (C=S) groups is 1. The number of ether oxygens (including phenoxy) is 1. The fourth-order valence-electron chi connectivity index (χ4n) is 1.73. The lowest BCUT2D eigenvalue weighted by atomic mass is 10.3. The van der Waals surface area contributed by atoms with E-state index in [9.17, 15) is 0 Å². The molecule has 0 aliphatic rings. The minimum absolute atomic E-state index is 0.300. The molecule has 2 heterocycles. The number of oxazole rings is 1. The van der Waals surface area contributed by atoms with E-state index in [0.717, 1.165) is 5.52 Å². The zero-order valence-electron chi connectivity index (χ0n) is 10.7. The van der Waals surface area contributed by atoms with Crippen LogP contribution in [0.3, 0.4) is 0 Å². The van der Waals surface area contributed by atoms with Gasteiger partial charge in [0.1, 0.15) is 17.0 Å². The van der Waals surface area contributed by atoms with Gasteiger partial charge in [0.05, 0.1) is 0 Å². The molecule has 1 N–H and O–H groups in total. The molecule has 20 heavy (non-hydrogen) atoms. The second-order valence-electron chi connectivity index (χ2n) is 4.00. The van der Waals surface area contributed by atoms with Crippen LogP contribution in [0.25, 0.3) is 22.7 Å². The molecular weight excluding hydrogens is 274 g/mol. The highest BCUT2D eigenvalue weighted by Gasteiger charge is 2.10. The summed E-state index contributed by atoms with van der Waals surface area (Å²) in [5, 5.41) is 3.05. The molecule has 3 rings (SSSR count). The van der Waals surface area contributed by atoms with Crippen molar-refractivity contribution in [2.24, 2.45) is 0 Å². The van der Waals surface area contributed by atoms with Crippen molar-refractivity contribution in [2.75, 3.05) is 7.05 Å². The summed E-state index contributed by atoms with van der Waals surface area (Å²) >= 11 is 4.95. The Morgan fingerprint density at radius 3 is 2.95 bits per heavy atom. The minimum Gasteiger partial charge on any atom is -0.435 e. The number of nitrogens with zero attached hydrogens (tertiary/aromatic N) is 2. The van der Waals surface area contributed by atoms with Gasteiger partial charge in [-0.3, -0.25) is 4.98 Å². The molecule has 0 atom stereocenters. The molecule has 0 radical (unpaired) electrons. The second-order valence-corrected chi connectivity index (χ2v) is 4.37. The van der Waals surface area contributed by atoms with E-state index >= 15 is 0 Å². The zero-order valence-corrected chi connectivity index (χ0v) is 11.5. The van der Waals surface area contributed by atoms with Gasteiger partial charge in [0, 0.05) is 19.3 Å². The molecular formula is C14H11N3O2S. The summed E-state index contributed by atoms with van der Waals surface area (Å²) < 4.78 is 11.1. The van der Waals surface area contributed by atoms with E-state index in [2.05, 4.69) is 15.3 Å². The largest absolute Gasteiger partial charge is 0.435 e. The Bertz CT molecular complexity index is 755. The van der Waals surface area contributed by atoms with E-state index in [-0.39, 0.29) is 0 Å². The Morgan fingerprint density at radius 2 is 2.20 bits per heavy atom. The van der Waals surface area contributed by atoms with Crippen LogP contribution in [0.5, 0.6) is 5.75 Å². The third-order valence-electron chi connectivity index (χ3n) is 2.66. The standard InChI is InChI=1S/C14H11N3O2S/c1-15-14(20)18-9-5-6-10-12(8-9)19-13(17-10)11-4-2-3-7-16-11/h2-8H,1H3,(H,15,20). The van der Waals surface area contributed by atoms with E-state index < -0.39 is 0 Å². The van der Waals surface area contributed by atoms with Gasteiger partial charge in [0.25, 0.3) is 5.17 Å². The molecule has 3 aromatic rings. The fraction of sp³-hybridized carbons (Fsp3) is 0.0714.